The van der Waals surface area contributed by atoms with Gasteiger partial charge in [-0.1, -0.05) is 59.6 Å². The van der Waals surface area contributed by atoms with Crippen LogP contribution in [0.4, 0.5) is 11.4 Å². The quantitative estimate of drug-likeness (QED) is 0.261. The molecule has 0 aliphatic carbocycles. The van der Waals surface area contributed by atoms with Gasteiger partial charge in [-0.15, -0.1) is 11.8 Å². The molecular weight excluding hydrogens is 489 g/mol. The Balaban J connectivity index is 1.54. The number of benzene rings is 3. The number of anilines is 2. The maximum atomic E-state index is 13.2. The highest BCUT2D eigenvalue weighted by molar-refractivity contribution is 8.00. The van der Waals surface area contributed by atoms with Gasteiger partial charge in [0.05, 0.1) is 10.6 Å². The SMILES string of the molecule is O=C(Nc1cccc(SC(C(=O)Nc2ccncc2)c2ccccc2)c1)c1ccc(Cl)cc1Cl. The summed E-state index contributed by atoms with van der Waals surface area (Å²) in [6.07, 6.45) is 3.25. The van der Waals surface area contributed by atoms with Crippen molar-refractivity contribution in [3.63, 3.8) is 0 Å². The zero-order chi connectivity index (χ0) is 23.9. The Hall–Kier alpha value is -3.32. The van der Waals surface area contributed by atoms with Crippen LogP contribution < -0.4 is 10.6 Å². The number of rotatable bonds is 7. The summed E-state index contributed by atoms with van der Waals surface area (Å²) in [6.45, 7) is 0. The zero-order valence-corrected chi connectivity index (χ0v) is 20.1. The van der Waals surface area contributed by atoms with Crippen molar-refractivity contribution in [2.45, 2.75) is 10.1 Å². The van der Waals surface area contributed by atoms with Crippen LogP contribution in [0.5, 0.6) is 0 Å². The maximum Gasteiger partial charge on any atom is 0.257 e. The monoisotopic (exact) mass is 507 g/mol. The van der Waals surface area contributed by atoms with Crippen LogP contribution in [-0.4, -0.2) is 16.8 Å². The first-order valence-corrected chi connectivity index (χ1v) is 11.9. The fourth-order valence-electron chi connectivity index (χ4n) is 3.20. The molecule has 0 radical (unpaired) electrons. The number of hydrogen-bond acceptors (Lipinski definition) is 4. The summed E-state index contributed by atoms with van der Waals surface area (Å²) in [6, 6.07) is 25.0. The second kappa shape index (κ2) is 11.2. The first-order chi connectivity index (χ1) is 16.5. The first kappa shape index (κ1) is 23.8. The first-order valence-electron chi connectivity index (χ1n) is 10.3. The van der Waals surface area contributed by atoms with Crippen molar-refractivity contribution in [1.29, 1.82) is 0 Å². The molecule has 1 atom stereocenters. The zero-order valence-electron chi connectivity index (χ0n) is 17.7. The van der Waals surface area contributed by atoms with E-state index in [0.717, 1.165) is 10.5 Å². The van der Waals surface area contributed by atoms with E-state index in [1.807, 2.05) is 48.5 Å². The van der Waals surface area contributed by atoms with Crippen LogP contribution in [0, 0.1) is 0 Å². The minimum atomic E-state index is -0.508. The molecule has 2 N–H and O–H groups in total. The van der Waals surface area contributed by atoms with Crippen molar-refractivity contribution in [3.8, 4) is 0 Å². The van der Waals surface area contributed by atoms with Gasteiger partial charge in [-0.2, -0.15) is 0 Å². The molecule has 3 aromatic carbocycles. The molecule has 1 unspecified atom stereocenters. The molecule has 5 nitrogen and oxygen atoms in total. The third-order valence-corrected chi connectivity index (χ3v) is 6.61. The molecule has 0 saturated heterocycles. The summed E-state index contributed by atoms with van der Waals surface area (Å²) in [5.74, 6) is -0.511. The predicted molar refractivity (Wildman–Crippen MR) is 139 cm³/mol. The fraction of sp³-hybridized carbons (Fsp3) is 0.0385. The van der Waals surface area contributed by atoms with E-state index in [9.17, 15) is 9.59 Å². The summed E-state index contributed by atoms with van der Waals surface area (Å²) < 4.78 is 0. The lowest BCUT2D eigenvalue weighted by Gasteiger charge is -2.17. The van der Waals surface area contributed by atoms with Crippen LogP contribution in [0.2, 0.25) is 10.0 Å². The van der Waals surface area contributed by atoms with Crippen LogP contribution in [0.25, 0.3) is 0 Å². The molecule has 1 heterocycles. The number of thioether (sulfide) groups is 1. The van der Waals surface area contributed by atoms with E-state index in [2.05, 4.69) is 15.6 Å². The smallest absolute Gasteiger partial charge is 0.257 e. The Bertz CT molecular complexity index is 1300. The van der Waals surface area contributed by atoms with E-state index in [1.165, 1.54) is 17.8 Å². The molecule has 0 aliphatic heterocycles. The molecule has 0 bridgehead atoms. The van der Waals surface area contributed by atoms with Crippen LogP contribution in [-0.2, 0) is 4.79 Å². The van der Waals surface area contributed by atoms with Crippen LogP contribution >= 0.6 is 35.0 Å². The van der Waals surface area contributed by atoms with E-state index < -0.39 is 5.25 Å². The van der Waals surface area contributed by atoms with Crippen molar-refractivity contribution in [2.24, 2.45) is 0 Å². The van der Waals surface area contributed by atoms with Gasteiger partial charge in [-0.05, 0) is 54.1 Å². The lowest BCUT2D eigenvalue weighted by Crippen LogP contribution is -2.19. The average Bonchev–Trinajstić information content (AvgIpc) is 2.84. The van der Waals surface area contributed by atoms with E-state index in [-0.39, 0.29) is 16.8 Å². The van der Waals surface area contributed by atoms with Gasteiger partial charge in [-0.25, -0.2) is 0 Å². The molecule has 4 rings (SSSR count). The highest BCUT2D eigenvalue weighted by atomic mass is 35.5. The van der Waals surface area contributed by atoms with Gasteiger partial charge in [0.25, 0.3) is 5.91 Å². The number of halogens is 2. The number of carbonyl (C=O) groups is 2. The highest BCUT2D eigenvalue weighted by Crippen LogP contribution is 2.37. The molecule has 2 amide bonds. The third-order valence-electron chi connectivity index (χ3n) is 4.81. The number of amides is 2. The fourth-order valence-corrected chi connectivity index (χ4v) is 4.78. The molecule has 0 spiro atoms. The number of aromatic nitrogens is 1. The Kier molecular flexibility index (Phi) is 7.85. The number of nitrogens with zero attached hydrogens (tertiary/aromatic N) is 1. The molecule has 8 heteroatoms. The summed E-state index contributed by atoms with van der Waals surface area (Å²) in [5.41, 5.74) is 2.44. The predicted octanol–water partition coefficient (Wildman–Crippen LogP) is 7.11. The highest BCUT2D eigenvalue weighted by Gasteiger charge is 2.22. The third kappa shape index (κ3) is 6.17. The van der Waals surface area contributed by atoms with E-state index in [4.69, 9.17) is 23.2 Å². The Labute approximate surface area is 211 Å². The number of carbonyl (C=O) groups excluding carboxylic acids is 2. The summed E-state index contributed by atoms with van der Waals surface area (Å²) in [5, 5.41) is 6.02. The largest absolute Gasteiger partial charge is 0.325 e. The minimum Gasteiger partial charge on any atom is -0.325 e. The van der Waals surface area contributed by atoms with E-state index in [0.29, 0.717) is 22.0 Å². The van der Waals surface area contributed by atoms with Gasteiger partial charge in [0.2, 0.25) is 5.91 Å². The minimum absolute atomic E-state index is 0.162. The van der Waals surface area contributed by atoms with Crippen LogP contribution in [0.15, 0.2) is 102 Å². The number of hydrogen-bond donors (Lipinski definition) is 2. The van der Waals surface area contributed by atoms with Crippen LogP contribution in [0.1, 0.15) is 21.2 Å². The van der Waals surface area contributed by atoms with E-state index >= 15 is 0 Å². The second-order valence-corrected chi connectivity index (χ2v) is 9.26. The van der Waals surface area contributed by atoms with Crippen molar-refractivity contribution in [2.75, 3.05) is 10.6 Å². The van der Waals surface area contributed by atoms with Crippen molar-refractivity contribution < 1.29 is 9.59 Å². The molecule has 34 heavy (non-hydrogen) atoms. The Morgan fingerprint density at radius 1 is 0.794 bits per heavy atom. The van der Waals surface area contributed by atoms with Crippen molar-refractivity contribution >= 4 is 58.2 Å². The average molecular weight is 508 g/mol. The molecule has 0 fully saturated rings. The van der Waals surface area contributed by atoms with Gasteiger partial charge >= 0.3 is 0 Å². The summed E-state index contributed by atoms with van der Waals surface area (Å²) in [7, 11) is 0. The lowest BCUT2D eigenvalue weighted by molar-refractivity contribution is -0.115. The second-order valence-electron chi connectivity index (χ2n) is 7.24. The van der Waals surface area contributed by atoms with Crippen molar-refractivity contribution in [3.05, 3.63) is 118 Å². The summed E-state index contributed by atoms with van der Waals surface area (Å²) >= 11 is 13.5. The normalized spacial score (nSPS) is 11.5. The maximum absolute atomic E-state index is 13.2. The van der Waals surface area contributed by atoms with E-state index in [1.54, 1.807) is 42.7 Å². The molecule has 1 aromatic heterocycles. The molecule has 170 valence electrons. The van der Waals surface area contributed by atoms with Crippen LogP contribution in [0.3, 0.4) is 0 Å². The standard InChI is InChI=1S/C26H19Cl2N3O2S/c27-18-9-10-22(23(28)15-18)25(32)31-20-7-4-8-21(16-20)34-24(17-5-2-1-3-6-17)26(33)30-19-11-13-29-14-12-19/h1-16,24H,(H,31,32)(H,29,30,33). The lowest BCUT2D eigenvalue weighted by atomic mass is 10.1. The molecule has 0 aliphatic rings. The van der Waals surface area contributed by atoms with Gasteiger partial charge in [0.15, 0.2) is 0 Å². The molecule has 0 saturated carbocycles. The van der Waals surface area contributed by atoms with Gasteiger partial charge in [0, 0.05) is 33.7 Å². The van der Waals surface area contributed by atoms with Gasteiger partial charge in [-0.3, -0.25) is 14.6 Å². The number of pyridine rings is 1. The Morgan fingerprint density at radius 3 is 2.29 bits per heavy atom. The number of nitrogens with one attached hydrogen (secondary N) is 2. The van der Waals surface area contributed by atoms with Gasteiger partial charge < -0.3 is 10.6 Å². The van der Waals surface area contributed by atoms with Gasteiger partial charge in [0.1, 0.15) is 5.25 Å². The molecular formula is C26H19Cl2N3O2S. The molecule has 4 aromatic rings. The van der Waals surface area contributed by atoms with Crippen molar-refractivity contribution in [1.82, 2.24) is 4.98 Å². The summed E-state index contributed by atoms with van der Waals surface area (Å²) in [4.78, 5) is 30.7. The topological polar surface area (TPSA) is 71.1 Å². The Morgan fingerprint density at radius 2 is 1.56 bits per heavy atom.